The molecule has 0 spiro atoms. The second kappa shape index (κ2) is 8.67. The predicted octanol–water partition coefficient (Wildman–Crippen LogP) is 2.45. The summed E-state index contributed by atoms with van der Waals surface area (Å²) in [5.74, 6) is 0.146. The predicted molar refractivity (Wildman–Crippen MR) is 133 cm³/mol. The lowest BCUT2D eigenvalue weighted by molar-refractivity contribution is 0.454. The Hall–Kier alpha value is -3.96. The monoisotopic (exact) mass is 506 g/mol. The van der Waals surface area contributed by atoms with Crippen molar-refractivity contribution in [3.05, 3.63) is 79.5 Å². The Bertz CT molecular complexity index is 1730. The molecule has 1 saturated carbocycles. The molecule has 176 valence electrons. The Balaban J connectivity index is 1.40. The van der Waals surface area contributed by atoms with Crippen molar-refractivity contribution in [1.82, 2.24) is 29.5 Å². The SMILES string of the molecule is O=c1[nH]c(O)c(C=c2cnn3c(=NC4CC4)nc(NCc4ccccc4-c4ccc(Cl)s4)nc23)[nH]1. The maximum absolute atomic E-state index is 11.5. The Kier molecular flexibility index (Phi) is 5.34. The van der Waals surface area contributed by atoms with Crippen molar-refractivity contribution in [3.63, 3.8) is 0 Å². The van der Waals surface area contributed by atoms with Gasteiger partial charge in [-0.2, -0.15) is 19.6 Å². The number of halogens is 1. The number of hydrogen-bond acceptors (Lipinski definition) is 8. The second-order valence-corrected chi connectivity index (χ2v) is 9.86. The Morgan fingerprint density at radius 1 is 1.23 bits per heavy atom. The molecule has 1 aliphatic rings. The molecule has 10 nitrogen and oxygen atoms in total. The number of anilines is 1. The smallest absolute Gasteiger partial charge is 0.326 e. The summed E-state index contributed by atoms with van der Waals surface area (Å²) in [4.78, 5) is 31.4. The molecule has 0 atom stereocenters. The van der Waals surface area contributed by atoms with Crippen molar-refractivity contribution in [3.8, 4) is 16.3 Å². The van der Waals surface area contributed by atoms with Crippen molar-refractivity contribution < 1.29 is 5.11 Å². The number of aromatic amines is 2. The molecule has 0 aliphatic heterocycles. The summed E-state index contributed by atoms with van der Waals surface area (Å²) in [6.07, 6.45) is 5.23. The molecule has 1 aliphatic carbocycles. The summed E-state index contributed by atoms with van der Waals surface area (Å²) in [6.45, 7) is 0.490. The maximum atomic E-state index is 11.5. The number of imidazole rings is 1. The van der Waals surface area contributed by atoms with E-state index in [0.717, 1.165) is 33.2 Å². The molecule has 5 aromatic rings. The topological polar surface area (TPSA) is 136 Å². The summed E-state index contributed by atoms with van der Waals surface area (Å²) in [6, 6.07) is 12.2. The van der Waals surface area contributed by atoms with E-state index in [1.165, 1.54) is 11.3 Å². The van der Waals surface area contributed by atoms with Gasteiger partial charge in [0.05, 0.1) is 16.6 Å². The molecule has 0 radical (unpaired) electrons. The number of H-pyrrole nitrogens is 2. The Morgan fingerprint density at radius 3 is 2.83 bits per heavy atom. The first-order valence-electron chi connectivity index (χ1n) is 10.9. The summed E-state index contributed by atoms with van der Waals surface area (Å²) in [5.41, 5.74) is 2.85. The zero-order valence-corrected chi connectivity index (χ0v) is 19.8. The fraction of sp³-hybridized carbons (Fsp3) is 0.174. The molecule has 12 heteroatoms. The largest absolute Gasteiger partial charge is 0.493 e. The van der Waals surface area contributed by atoms with Crippen LogP contribution in [0.15, 0.2) is 52.4 Å². The van der Waals surface area contributed by atoms with Crippen LogP contribution in [0.25, 0.3) is 22.2 Å². The molecule has 4 heterocycles. The van der Waals surface area contributed by atoms with Gasteiger partial charge in [0.25, 0.3) is 5.62 Å². The lowest BCUT2D eigenvalue weighted by Crippen LogP contribution is -2.24. The third-order valence-corrected chi connectivity index (χ3v) is 6.82. The lowest BCUT2D eigenvalue weighted by Gasteiger charge is -2.09. The van der Waals surface area contributed by atoms with Crippen LogP contribution in [0, 0.1) is 0 Å². The summed E-state index contributed by atoms with van der Waals surface area (Å²) in [5, 5.41) is 18.3. The molecule has 1 aromatic carbocycles. The van der Waals surface area contributed by atoms with Crippen LogP contribution in [0.3, 0.4) is 0 Å². The Labute approximate surface area is 206 Å². The minimum absolute atomic E-state index is 0.229. The second-order valence-electron chi connectivity index (χ2n) is 8.14. The van der Waals surface area contributed by atoms with Gasteiger partial charge in [-0.25, -0.2) is 9.79 Å². The molecule has 4 aromatic heterocycles. The molecule has 6 rings (SSSR count). The van der Waals surface area contributed by atoms with Gasteiger partial charge >= 0.3 is 5.69 Å². The number of rotatable bonds is 6. The van der Waals surface area contributed by atoms with Crippen LogP contribution in [0.5, 0.6) is 5.88 Å². The zero-order chi connectivity index (χ0) is 23.9. The van der Waals surface area contributed by atoms with Gasteiger partial charge < -0.3 is 15.4 Å². The quantitative estimate of drug-likeness (QED) is 0.279. The lowest BCUT2D eigenvalue weighted by atomic mass is 10.1. The molecule has 1 fully saturated rings. The van der Waals surface area contributed by atoms with E-state index in [1.807, 2.05) is 30.3 Å². The van der Waals surface area contributed by atoms with E-state index in [4.69, 9.17) is 16.6 Å². The molecular formula is C23H19ClN8O2S. The maximum Gasteiger partial charge on any atom is 0.326 e. The number of thiophene rings is 1. The van der Waals surface area contributed by atoms with E-state index >= 15 is 0 Å². The minimum atomic E-state index is -0.502. The number of nitrogens with zero attached hydrogens (tertiary/aromatic N) is 5. The summed E-state index contributed by atoms with van der Waals surface area (Å²) in [7, 11) is 0. The van der Waals surface area contributed by atoms with Crippen molar-refractivity contribution in [2.45, 2.75) is 25.4 Å². The van der Waals surface area contributed by atoms with Crippen LogP contribution in [0.2, 0.25) is 4.34 Å². The zero-order valence-electron chi connectivity index (χ0n) is 18.2. The average molecular weight is 507 g/mol. The Morgan fingerprint density at radius 2 is 2.09 bits per heavy atom. The van der Waals surface area contributed by atoms with E-state index in [0.29, 0.717) is 29.0 Å². The van der Waals surface area contributed by atoms with Crippen LogP contribution in [-0.2, 0) is 6.54 Å². The molecule has 0 bridgehead atoms. The van der Waals surface area contributed by atoms with Crippen molar-refractivity contribution in [2.75, 3.05) is 5.32 Å². The van der Waals surface area contributed by atoms with Crippen molar-refractivity contribution in [1.29, 1.82) is 0 Å². The van der Waals surface area contributed by atoms with E-state index in [-0.39, 0.29) is 17.6 Å². The van der Waals surface area contributed by atoms with Gasteiger partial charge in [0.15, 0.2) is 5.65 Å². The first kappa shape index (κ1) is 21.6. The first-order valence-corrected chi connectivity index (χ1v) is 12.1. The standard InChI is InChI=1S/C23H19ClN8O2S/c24-18-8-7-17(35-18)15-4-2-1-3-12(15)10-25-21-29-19-13(9-16-20(33)30-23(34)28-16)11-26-32(19)22(31-21)27-14-5-6-14/h1-4,7-9,11,14,33H,5-6,10H2,(H,25,27,31)(H2,28,30,34). The van der Waals surface area contributed by atoms with Gasteiger partial charge in [0, 0.05) is 16.6 Å². The summed E-state index contributed by atoms with van der Waals surface area (Å²) < 4.78 is 2.31. The van der Waals surface area contributed by atoms with Crippen LogP contribution in [-0.4, -0.2) is 40.7 Å². The van der Waals surface area contributed by atoms with Crippen molar-refractivity contribution >= 4 is 40.6 Å². The number of benzene rings is 1. The van der Waals surface area contributed by atoms with Gasteiger partial charge in [-0.05, 0) is 42.2 Å². The van der Waals surface area contributed by atoms with Gasteiger partial charge in [0.2, 0.25) is 11.8 Å². The van der Waals surface area contributed by atoms with E-state index in [9.17, 15) is 9.90 Å². The third-order valence-electron chi connectivity index (χ3n) is 5.55. The average Bonchev–Trinajstić information content (AvgIpc) is 3.25. The number of aromatic hydroxyl groups is 1. The highest BCUT2D eigenvalue weighted by Crippen LogP contribution is 2.33. The molecule has 0 saturated heterocycles. The van der Waals surface area contributed by atoms with Gasteiger partial charge in [0.1, 0.15) is 5.69 Å². The number of nitrogens with one attached hydrogen (secondary N) is 3. The van der Waals surface area contributed by atoms with Gasteiger partial charge in [-0.1, -0.05) is 35.9 Å². The van der Waals surface area contributed by atoms with Crippen LogP contribution >= 0.6 is 22.9 Å². The van der Waals surface area contributed by atoms with Crippen LogP contribution < -0.4 is 21.8 Å². The molecular weight excluding hydrogens is 488 g/mol. The summed E-state index contributed by atoms with van der Waals surface area (Å²) >= 11 is 7.68. The fourth-order valence-electron chi connectivity index (χ4n) is 3.71. The first-order chi connectivity index (χ1) is 17.0. The van der Waals surface area contributed by atoms with E-state index in [2.05, 4.69) is 36.4 Å². The molecule has 4 N–H and O–H groups in total. The van der Waals surface area contributed by atoms with Gasteiger partial charge in [-0.15, -0.1) is 11.3 Å². The third kappa shape index (κ3) is 4.43. The molecule has 0 unspecified atom stereocenters. The van der Waals surface area contributed by atoms with Crippen LogP contribution in [0.1, 0.15) is 24.1 Å². The normalized spacial score (nSPS) is 14.8. The number of fused-ring (bicyclic) bond motifs is 1. The van der Waals surface area contributed by atoms with E-state index < -0.39 is 5.69 Å². The number of hydrogen-bond donors (Lipinski definition) is 4. The highest BCUT2D eigenvalue weighted by molar-refractivity contribution is 7.19. The number of aromatic nitrogens is 6. The van der Waals surface area contributed by atoms with E-state index in [1.54, 1.807) is 16.8 Å². The molecule has 0 amide bonds. The van der Waals surface area contributed by atoms with Crippen LogP contribution in [0.4, 0.5) is 5.95 Å². The van der Waals surface area contributed by atoms with Gasteiger partial charge in [-0.3, -0.25) is 4.98 Å². The highest BCUT2D eigenvalue weighted by Gasteiger charge is 2.21. The highest BCUT2D eigenvalue weighted by atomic mass is 35.5. The fourth-order valence-corrected chi connectivity index (χ4v) is 4.81. The molecule has 35 heavy (non-hydrogen) atoms. The van der Waals surface area contributed by atoms with Crippen molar-refractivity contribution in [2.24, 2.45) is 4.99 Å². The minimum Gasteiger partial charge on any atom is -0.493 e.